The highest BCUT2D eigenvalue weighted by molar-refractivity contribution is 9.10. The summed E-state index contributed by atoms with van der Waals surface area (Å²) in [6.45, 7) is 2.43. The molecule has 4 rings (SSSR count). The number of aromatic hydroxyl groups is 2. The number of thiophene rings is 1. The maximum atomic E-state index is 10.8. The molecule has 2 aromatic heterocycles. The predicted molar refractivity (Wildman–Crippen MR) is 129 cm³/mol. The van der Waals surface area contributed by atoms with E-state index >= 15 is 0 Å². The van der Waals surface area contributed by atoms with Crippen LogP contribution in [0.4, 0.5) is 5.82 Å². The van der Waals surface area contributed by atoms with Gasteiger partial charge in [-0.1, -0.05) is 12.1 Å². The number of aromatic nitrogens is 2. The largest absolute Gasteiger partial charge is 0.504 e. The molecule has 2 aromatic carbocycles. The number of benzene rings is 2. The zero-order chi connectivity index (χ0) is 22.7. The first-order chi connectivity index (χ1) is 15.5. The second-order valence-corrected chi connectivity index (χ2v) is 8.41. The third-order valence-electron chi connectivity index (χ3n) is 4.53. The average Bonchev–Trinajstić information content (AvgIpc) is 3.14. The molecule has 0 unspecified atom stereocenters. The minimum Gasteiger partial charge on any atom is -0.504 e. The van der Waals surface area contributed by atoms with Gasteiger partial charge >= 0.3 is 0 Å². The monoisotopic (exact) mass is 514 g/mol. The molecule has 0 bridgehead atoms. The summed E-state index contributed by atoms with van der Waals surface area (Å²) in [4.78, 5) is 9.15. The molecule has 0 aliphatic rings. The van der Waals surface area contributed by atoms with Crippen LogP contribution in [0.5, 0.6) is 23.0 Å². The molecule has 0 radical (unpaired) electrons. The van der Waals surface area contributed by atoms with Gasteiger partial charge in [0.2, 0.25) is 0 Å². The van der Waals surface area contributed by atoms with Gasteiger partial charge in [-0.3, -0.25) is 5.43 Å². The van der Waals surface area contributed by atoms with E-state index in [1.165, 1.54) is 24.8 Å². The topological polar surface area (TPSA) is 109 Å². The van der Waals surface area contributed by atoms with Gasteiger partial charge in [0.1, 0.15) is 22.3 Å². The quantitative estimate of drug-likeness (QED) is 0.224. The standard InChI is InChI=1S/C22H19BrN4O4S/c1-3-31-15-7-5-4-6-13(15)20-19(29)17-21(32-20)22(25-11-24-17)27-26-10-12-8-14(23)18(28)16(9-12)30-2/h4-11,28-29H,3H2,1-2H3,(H,24,25,27)/b26-10+. The lowest BCUT2D eigenvalue weighted by atomic mass is 10.1. The fraction of sp³-hybridized carbons (Fsp3) is 0.136. The number of halogens is 1. The van der Waals surface area contributed by atoms with Gasteiger partial charge in [0.15, 0.2) is 23.1 Å². The van der Waals surface area contributed by atoms with Crippen LogP contribution in [-0.4, -0.2) is 40.1 Å². The zero-order valence-electron chi connectivity index (χ0n) is 17.2. The summed E-state index contributed by atoms with van der Waals surface area (Å²) >= 11 is 4.64. The molecule has 10 heteroatoms. The van der Waals surface area contributed by atoms with Crippen LogP contribution in [0, 0.1) is 0 Å². The van der Waals surface area contributed by atoms with Crippen LogP contribution in [0.2, 0.25) is 0 Å². The van der Waals surface area contributed by atoms with Crippen LogP contribution in [0.1, 0.15) is 12.5 Å². The molecule has 8 nitrogen and oxygen atoms in total. The molecule has 0 aliphatic heterocycles. The van der Waals surface area contributed by atoms with Crippen molar-refractivity contribution in [3.63, 3.8) is 0 Å². The molecule has 0 saturated carbocycles. The fourth-order valence-corrected chi connectivity index (χ4v) is 4.66. The van der Waals surface area contributed by atoms with Crippen LogP contribution >= 0.6 is 27.3 Å². The van der Waals surface area contributed by atoms with Crippen molar-refractivity contribution in [2.75, 3.05) is 19.1 Å². The Hall–Kier alpha value is -3.37. The molecule has 0 atom stereocenters. The lowest BCUT2D eigenvalue weighted by Crippen LogP contribution is -1.95. The molecule has 4 aromatic rings. The summed E-state index contributed by atoms with van der Waals surface area (Å²) < 4.78 is 12.0. The summed E-state index contributed by atoms with van der Waals surface area (Å²) in [5, 5.41) is 25.0. The Bertz CT molecular complexity index is 1310. The number of phenolic OH excluding ortho intramolecular Hbond substituents is 1. The van der Waals surface area contributed by atoms with E-state index < -0.39 is 0 Å². The van der Waals surface area contributed by atoms with Crippen molar-refractivity contribution in [1.82, 2.24) is 9.97 Å². The Labute approximate surface area is 196 Å². The normalized spacial score (nSPS) is 11.2. The summed E-state index contributed by atoms with van der Waals surface area (Å²) in [5.74, 6) is 1.55. The van der Waals surface area contributed by atoms with Gasteiger partial charge < -0.3 is 19.7 Å². The second-order valence-electron chi connectivity index (χ2n) is 6.53. The van der Waals surface area contributed by atoms with Crippen molar-refractivity contribution in [2.45, 2.75) is 6.92 Å². The maximum Gasteiger partial charge on any atom is 0.172 e. The van der Waals surface area contributed by atoms with Gasteiger partial charge in [0, 0.05) is 5.56 Å². The minimum absolute atomic E-state index is 0.0176. The van der Waals surface area contributed by atoms with E-state index in [0.717, 1.165) is 5.56 Å². The van der Waals surface area contributed by atoms with Crippen LogP contribution in [-0.2, 0) is 0 Å². The molecule has 3 N–H and O–H groups in total. The predicted octanol–water partition coefficient (Wildman–Crippen LogP) is 5.39. The van der Waals surface area contributed by atoms with Gasteiger partial charge in [0.25, 0.3) is 0 Å². The Morgan fingerprint density at radius 2 is 1.97 bits per heavy atom. The van der Waals surface area contributed by atoms with Crippen molar-refractivity contribution in [2.24, 2.45) is 5.10 Å². The van der Waals surface area contributed by atoms with E-state index in [9.17, 15) is 10.2 Å². The number of hydrogen-bond acceptors (Lipinski definition) is 9. The Balaban J connectivity index is 1.68. The summed E-state index contributed by atoms with van der Waals surface area (Å²) in [5.41, 5.74) is 4.82. The highest BCUT2D eigenvalue weighted by Crippen LogP contribution is 2.47. The Kier molecular flexibility index (Phi) is 6.42. The van der Waals surface area contributed by atoms with Gasteiger partial charge in [-0.25, -0.2) is 9.97 Å². The molecule has 2 heterocycles. The minimum atomic E-state index is 0.0176. The first-order valence-electron chi connectivity index (χ1n) is 9.57. The van der Waals surface area contributed by atoms with Gasteiger partial charge in [-0.2, -0.15) is 5.10 Å². The van der Waals surface area contributed by atoms with Crippen LogP contribution in [0.15, 0.2) is 52.3 Å². The lowest BCUT2D eigenvalue weighted by Gasteiger charge is -2.08. The molecule has 32 heavy (non-hydrogen) atoms. The average molecular weight is 515 g/mol. The van der Waals surface area contributed by atoms with Crippen molar-refractivity contribution >= 4 is 49.5 Å². The summed E-state index contributed by atoms with van der Waals surface area (Å²) in [6, 6.07) is 10.9. The van der Waals surface area contributed by atoms with E-state index in [0.29, 0.717) is 49.1 Å². The molecule has 164 valence electrons. The summed E-state index contributed by atoms with van der Waals surface area (Å²) in [6.07, 6.45) is 2.93. The van der Waals surface area contributed by atoms with Gasteiger partial charge in [-0.15, -0.1) is 11.3 Å². The van der Waals surface area contributed by atoms with Crippen LogP contribution in [0.3, 0.4) is 0 Å². The van der Waals surface area contributed by atoms with Gasteiger partial charge in [-0.05, 0) is 52.7 Å². The number of hydrogen-bond donors (Lipinski definition) is 3. The fourth-order valence-electron chi connectivity index (χ4n) is 3.09. The number of methoxy groups -OCH3 is 1. The number of nitrogens with one attached hydrogen (secondary N) is 1. The highest BCUT2D eigenvalue weighted by Gasteiger charge is 2.20. The number of fused-ring (bicyclic) bond motifs is 1. The number of nitrogens with zero attached hydrogens (tertiary/aromatic N) is 3. The number of anilines is 1. The maximum absolute atomic E-state index is 10.8. The first kappa shape index (κ1) is 21.8. The van der Waals surface area contributed by atoms with E-state index in [4.69, 9.17) is 9.47 Å². The van der Waals surface area contributed by atoms with Gasteiger partial charge in [0.05, 0.1) is 29.3 Å². The molecule has 0 amide bonds. The SMILES string of the molecule is CCOc1ccccc1-c1sc2c(N/N=C/c3cc(Br)c(O)c(OC)c3)ncnc2c1O. The van der Waals surface area contributed by atoms with E-state index in [1.54, 1.807) is 18.3 Å². The molecular formula is C22H19BrN4O4S. The second kappa shape index (κ2) is 9.41. The molecule has 0 saturated heterocycles. The van der Waals surface area contributed by atoms with E-state index in [1.807, 2.05) is 31.2 Å². The van der Waals surface area contributed by atoms with Crippen molar-refractivity contribution < 1.29 is 19.7 Å². The lowest BCUT2D eigenvalue weighted by molar-refractivity contribution is 0.341. The molecule has 0 aliphatic carbocycles. The number of phenols is 1. The molecule has 0 spiro atoms. The van der Waals surface area contributed by atoms with Crippen LogP contribution in [0.25, 0.3) is 20.7 Å². The third-order valence-corrected chi connectivity index (χ3v) is 6.35. The zero-order valence-corrected chi connectivity index (χ0v) is 19.6. The molecular weight excluding hydrogens is 496 g/mol. The summed E-state index contributed by atoms with van der Waals surface area (Å²) in [7, 11) is 1.48. The van der Waals surface area contributed by atoms with E-state index in [-0.39, 0.29) is 11.5 Å². The smallest absolute Gasteiger partial charge is 0.172 e. The molecule has 0 fully saturated rings. The van der Waals surface area contributed by atoms with Crippen LogP contribution < -0.4 is 14.9 Å². The number of hydrazone groups is 1. The van der Waals surface area contributed by atoms with Crippen molar-refractivity contribution in [3.8, 4) is 33.4 Å². The number of para-hydroxylation sites is 1. The number of rotatable bonds is 7. The Morgan fingerprint density at radius 1 is 1.16 bits per heavy atom. The Morgan fingerprint density at radius 3 is 2.75 bits per heavy atom. The van der Waals surface area contributed by atoms with Crippen molar-refractivity contribution in [1.29, 1.82) is 0 Å². The number of ether oxygens (including phenoxy) is 2. The first-order valence-corrected chi connectivity index (χ1v) is 11.2. The van der Waals surface area contributed by atoms with Crippen molar-refractivity contribution in [3.05, 3.63) is 52.8 Å². The third kappa shape index (κ3) is 4.19. The van der Waals surface area contributed by atoms with E-state index in [2.05, 4.69) is 36.4 Å². The highest BCUT2D eigenvalue weighted by atomic mass is 79.9.